The molecule has 0 spiro atoms. The van der Waals surface area contributed by atoms with Crippen LogP contribution in [0, 0.1) is 5.92 Å². The Bertz CT molecular complexity index is 326. The van der Waals surface area contributed by atoms with Crippen molar-refractivity contribution in [1.29, 1.82) is 0 Å². The Balaban J connectivity index is 2.39. The normalized spacial score (nSPS) is 20.9. The maximum absolute atomic E-state index is 11.7. The lowest BCUT2D eigenvalue weighted by Gasteiger charge is -2.34. The molecule has 5 nitrogen and oxygen atoms in total. The number of hydrogen-bond acceptors (Lipinski definition) is 4. The molecule has 1 atom stereocenters. The molecule has 0 aromatic rings. The van der Waals surface area contributed by atoms with Crippen LogP contribution < -0.4 is 11.1 Å². The smallest absolute Gasteiger partial charge is 0.237 e. The molecule has 1 fully saturated rings. The van der Waals surface area contributed by atoms with Crippen LogP contribution in [0.4, 0.5) is 0 Å². The lowest BCUT2D eigenvalue weighted by Crippen LogP contribution is -2.56. The van der Waals surface area contributed by atoms with Crippen molar-refractivity contribution in [2.24, 2.45) is 11.7 Å². The molecule has 1 aliphatic heterocycles. The molecule has 1 aliphatic rings. The standard InChI is InChI=1S/C16H34N4O/c1-13(2)18-16(3,15(17)21)8-11-20(5)12-14-6-9-19(4)10-7-14/h13-14,18H,6-12H2,1-5H3,(H2,17,21). The monoisotopic (exact) mass is 298 g/mol. The van der Waals surface area contributed by atoms with E-state index in [4.69, 9.17) is 5.73 Å². The molecule has 124 valence electrons. The molecule has 0 bridgehead atoms. The molecule has 0 aliphatic carbocycles. The molecule has 0 aromatic heterocycles. The van der Waals surface area contributed by atoms with Gasteiger partial charge in [-0.2, -0.15) is 0 Å². The molecule has 1 rings (SSSR count). The lowest BCUT2D eigenvalue weighted by molar-refractivity contribution is -0.124. The molecule has 3 N–H and O–H groups in total. The summed E-state index contributed by atoms with van der Waals surface area (Å²) < 4.78 is 0. The molecule has 0 aromatic carbocycles. The first kappa shape index (κ1) is 18.4. The van der Waals surface area contributed by atoms with Crippen LogP contribution in [0.3, 0.4) is 0 Å². The molecule has 1 amide bonds. The molecule has 0 saturated carbocycles. The molecule has 5 heteroatoms. The first-order valence-corrected chi connectivity index (χ1v) is 8.17. The summed E-state index contributed by atoms with van der Waals surface area (Å²) in [5.74, 6) is 0.521. The number of carbonyl (C=O) groups is 1. The van der Waals surface area contributed by atoms with E-state index in [2.05, 4.69) is 29.2 Å². The zero-order valence-corrected chi connectivity index (χ0v) is 14.5. The molecule has 1 heterocycles. The van der Waals surface area contributed by atoms with Crippen LogP contribution in [0.5, 0.6) is 0 Å². The van der Waals surface area contributed by atoms with Crippen molar-refractivity contribution in [2.75, 3.05) is 40.3 Å². The lowest BCUT2D eigenvalue weighted by atomic mass is 9.94. The molecular formula is C16H34N4O. The first-order chi connectivity index (χ1) is 9.73. The second-order valence-electron chi connectivity index (χ2n) is 7.25. The summed E-state index contributed by atoms with van der Waals surface area (Å²) in [4.78, 5) is 16.5. The van der Waals surface area contributed by atoms with Crippen LogP contribution in [0.1, 0.15) is 40.0 Å². The van der Waals surface area contributed by atoms with Crippen molar-refractivity contribution >= 4 is 5.91 Å². The number of rotatable bonds is 8. The number of hydrogen-bond donors (Lipinski definition) is 2. The Hall–Kier alpha value is -0.650. The van der Waals surface area contributed by atoms with Gasteiger partial charge in [0.15, 0.2) is 0 Å². The van der Waals surface area contributed by atoms with Crippen LogP contribution in [0.2, 0.25) is 0 Å². The van der Waals surface area contributed by atoms with Crippen molar-refractivity contribution < 1.29 is 4.79 Å². The minimum absolute atomic E-state index is 0.252. The third-order valence-corrected chi connectivity index (χ3v) is 4.55. The fourth-order valence-corrected chi connectivity index (χ4v) is 3.09. The number of carbonyl (C=O) groups excluding carboxylic acids is 1. The summed E-state index contributed by atoms with van der Waals surface area (Å²) in [6.45, 7) is 10.4. The van der Waals surface area contributed by atoms with Gasteiger partial charge in [-0.1, -0.05) is 0 Å². The van der Waals surface area contributed by atoms with Gasteiger partial charge in [0.05, 0.1) is 5.54 Å². The van der Waals surface area contributed by atoms with E-state index in [0.29, 0.717) is 0 Å². The SMILES string of the molecule is CC(C)NC(C)(CCN(C)CC1CCN(C)CC1)C(N)=O. The Kier molecular flexibility index (Phi) is 7.10. The fraction of sp³-hybridized carbons (Fsp3) is 0.938. The van der Waals surface area contributed by atoms with Crippen molar-refractivity contribution in [3.05, 3.63) is 0 Å². The molecular weight excluding hydrogens is 264 g/mol. The summed E-state index contributed by atoms with van der Waals surface area (Å²) in [6, 6.07) is 0.252. The summed E-state index contributed by atoms with van der Waals surface area (Å²) in [7, 11) is 4.34. The highest BCUT2D eigenvalue weighted by molar-refractivity contribution is 5.84. The summed E-state index contributed by atoms with van der Waals surface area (Å²) in [6.07, 6.45) is 3.31. The van der Waals surface area contributed by atoms with Gasteiger partial charge in [-0.3, -0.25) is 4.79 Å². The number of nitrogens with two attached hydrogens (primary N) is 1. The van der Waals surface area contributed by atoms with E-state index in [0.717, 1.165) is 25.4 Å². The van der Waals surface area contributed by atoms with Gasteiger partial charge in [-0.05, 0) is 73.1 Å². The highest BCUT2D eigenvalue weighted by Gasteiger charge is 2.31. The second-order valence-corrected chi connectivity index (χ2v) is 7.25. The highest BCUT2D eigenvalue weighted by Crippen LogP contribution is 2.18. The van der Waals surface area contributed by atoms with E-state index in [1.165, 1.54) is 25.9 Å². The Labute approximate surface area is 130 Å². The topological polar surface area (TPSA) is 61.6 Å². The van der Waals surface area contributed by atoms with Crippen molar-refractivity contribution in [3.63, 3.8) is 0 Å². The van der Waals surface area contributed by atoms with Crippen molar-refractivity contribution in [3.8, 4) is 0 Å². The highest BCUT2D eigenvalue weighted by atomic mass is 16.1. The van der Waals surface area contributed by atoms with Gasteiger partial charge < -0.3 is 20.9 Å². The van der Waals surface area contributed by atoms with Gasteiger partial charge in [0.1, 0.15) is 0 Å². The summed E-state index contributed by atoms with van der Waals surface area (Å²) in [5.41, 5.74) is 4.96. The largest absolute Gasteiger partial charge is 0.368 e. The molecule has 21 heavy (non-hydrogen) atoms. The van der Waals surface area contributed by atoms with E-state index < -0.39 is 5.54 Å². The molecule has 1 unspecified atom stereocenters. The van der Waals surface area contributed by atoms with Gasteiger partial charge in [0, 0.05) is 19.1 Å². The van der Waals surface area contributed by atoms with Crippen LogP contribution in [-0.2, 0) is 4.79 Å². The minimum atomic E-state index is -0.616. The zero-order valence-electron chi connectivity index (χ0n) is 14.5. The number of nitrogens with one attached hydrogen (secondary N) is 1. The molecule has 0 radical (unpaired) electrons. The third kappa shape index (κ3) is 6.32. The molecule has 1 saturated heterocycles. The van der Waals surface area contributed by atoms with Gasteiger partial charge >= 0.3 is 0 Å². The van der Waals surface area contributed by atoms with Crippen molar-refractivity contribution in [1.82, 2.24) is 15.1 Å². The number of primary amides is 1. The van der Waals surface area contributed by atoms with Crippen LogP contribution >= 0.6 is 0 Å². The predicted octanol–water partition coefficient (Wildman–Crippen LogP) is 0.892. The van der Waals surface area contributed by atoms with Crippen molar-refractivity contribution in [2.45, 2.75) is 51.6 Å². The Morgan fingerprint density at radius 1 is 1.43 bits per heavy atom. The average molecular weight is 298 g/mol. The van der Waals surface area contributed by atoms with Crippen LogP contribution in [0.25, 0.3) is 0 Å². The number of amides is 1. The number of piperidine rings is 1. The van der Waals surface area contributed by atoms with Gasteiger partial charge in [-0.25, -0.2) is 0 Å². The van der Waals surface area contributed by atoms with Crippen LogP contribution in [-0.4, -0.2) is 67.6 Å². The van der Waals surface area contributed by atoms with Gasteiger partial charge in [0.25, 0.3) is 0 Å². The van der Waals surface area contributed by atoms with Gasteiger partial charge in [0.2, 0.25) is 5.91 Å². The second kappa shape index (κ2) is 8.11. The fourth-order valence-electron chi connectivity index (χ4n) is 3.09. The maximum Gasteiger partial charge on any atom is 0.237 e. The summed E-state index contributed by atoms with van der Waals surface area (Å²) in [5, 5.41) is 3.31. The Morgan fingerprint density at radius 3 is 2.48 bits per heavy atom. The minimum Gasteiger partial charge on any atom is -0.368 e. The Morgan fingerprint density at radius 2 is 2.00 bits per heavy atom. The zero-order chi connectivity index (χ0) is 16.0. The first-order valence-electron chi connectivity index (χ1n) is 8.17. The van der Waals surface area contributed by atoms with E-state index >= 15 is 0 Å². The summed E-state index contributed by atoms with van der Waals surface area (Å²) >= 11 is 0. The van der Waals surface area contributed by atoms with E-state index in [9.17, 15) is 4.79 Å². The van der Waals surface area contributed by atoms with E-state index in [1.807, 2.05) is 20.8 Å². The average Bonchev–Trinajstić information content (AvgIpc) is 2.38. The van der Waals surface area contributed by atoms with E-state index in [-0.39, 0.29) is 11.9 Å². The third-order valence-electron chi connectivity index (χ3n) is 4.55. The number of likely N-dealkylation sites (tertiary alicyclic amines) is 1. The maximum atomic E-state index is 11.7. The van der Waals surface area contributed by atoms with Gasteiger partial charge in [-0.15, -0.1) is 0 Å². The van der Waals surface area contributed by atoms with E-state index in [1.54, 1.807) is 0 Å². The quantitative estimate of drug-likeness (QED) is 0.699. The number of nitrogens with zero attached hydrogens (tertiary/aromatic N) is 2. The predicted molar refractivity (Wildman–Crippen MR) is 88.2 cm³/mol. The van der Waals surface area contributed by atoms with Crippen LogP contribution in [0.15, 0.2) is 0 Å².